The Kier molecular flexibility index (Phi) is 43.4. The Bertz CT molecular complexity index is 2190. The highest BCUT2D eigenvalue weighted by Crippen LogP contribution is 2.22. The predicted octanol–water partition coefficient (Wildman–Crippen LogP) is 4.62. The average Bonchev–Trinajstić information content (AvgIpc) is 2.81. The summed E-state index contributed by atoms with van der Waals surface area (Å²) in [5.74, 6) is -1.36. The van der Waals surface area contributed by atoms with Crippen molar-refractivity contribution in [3.8, 4) is 0 Å². The Labute approximate surface area is 518 Å². The molecule has 5 saturated heterocycles. The fraction of sp³-hybridized carbons (Fsp3) is 0.770. The van der Waals surface area contributed by atoms with Gasteiger partial charge in [-0.25, -0.2) is 8.42 Å². The van der Waals surface area contributed by atoms with Crippen molar-refractivity contribution < 1.29 is 75.5 Å². The van der Waals surface area contributed by atoms with Crippen LogP contribution in [0.3, 0.4) is 0 Å². The normalized spacial score (nSPS) is 19.6. The molecule has 5 fully saturated rings. The lowest BCUT2D eigenvalue weighted by Gasteiger charge is -2.13. The first-order chi connectivity index (χ1) is 40.9. The predicted molar refractivity (Wildman–Crippen MR) is 330 cm³/mol. The quantitative estimate of drug-likeness (QED) is 0.0859. The van der Waals surface area contributed by atoms with Gasteiger partial charge in [0, 0.05) is 158 Å². The molecule has 0 spiro atoms. The highest BCUT2D eigenvalue weighted by molar-refractivity contribution is 7.91. The Morgan fingerprint density at radius 1 is 0.333 bits per heavy atom. The molecule has 0 aromatic heterocycles. The van der Waals surface area contributed by atoms with Crippen molar-refractivity contribution in [2.45, 2.75) is 206 Å². The molecule has 0 aliphatic carbocycles. The lowest BCUT2D eigenvalue weighted by molar-refractivity contribution is -0.141. The van der Waals surface area contributed by atoms with E-state index in [1.54, 1.807) is 34.6 Å². The molecule has 5 aliphatic heterocycles. The zero-order valence-electron chi connectivity index (χ0n) is 54.9. The summed E-state index contributed by atoms with van der Waals surface area (Å²) in [6, 6.07) is 0. The van der Waals surface area contributed by atoms with Gasteiger partial charge in [-0.2, -0.15) is 0 Å². The van der Waals surface area contributed by atoms with E-state index in [9.17, 15) is 75.5 Å². The van der Waals surface area contributed by atoms with E-state index in [0.29, 0.717) is 63.5 Å². The SMILES string of the molecule is CCCN1C(=O)CC(C)C1=O.CCCN1C(=O)CC(C)C1=O.CCCNC(=O)CC.CCCNC(=O)CCN1C(=O)CC(C)C1=O.CCCNC(=O)CCN1C(=O)CC(C)C1=O.CCCNC(=O)CCN1C(=O)CC(C)C1=O.CCCS(=O)(=O)CCC. The van der Waals surface area contributed by atoms with Crippen molar-refractivity contribution in [1.82, 2.24) is 45.8 Å². The molecule has 5 aliphatic rings. The van der Waals surface area contributed by atoms with Crippen LogP contribution in [0.1, 0.15) is 206 Å². The maximum atomic E-state index is 11.5. The fourth-order valence-electron chi connectivity index (χ4n) is 8.68. The number of rotatable bonds is 26. The van der Waals surface area contributed by atoms with Gasteiger partial charge in [0.15, 0.2) is 0 Å². The minimum Gasteiger partial charge on any atom is -0.356 e. The van der Waals surface area contributed by atoms with Crippen molar-refractivity contribution in [3.63, 3.8) is 0 Å². The smallest absolute Gasteiger partial charge is 0.232 e. The monoisotopic (exact) mass is 1250 g/mol. The topological polar surface area (TPSA) is 337 Å². The Hall–Kier alpha value is -6.47. The third-order valence-electron chi connectivity index (χ3n) is 13.6. The summed E-state index contributed by atoms with van der Waals surface area (Å²) in [5.41, 5.74) is 0. The molecule has 0 saturated carbocycles. The Balaban J connectivity index is 0. The van der Waals surface area contributed by atoms with Gasteiger partial charge in [-0.15, -0.1) is 0 Å². The zero-order valence-corrected chi connectivity index (χ0v) is 55.7. The lowest BCUT2D eigenvalue weighted by Crippen LogP contribution is -2.35. The van der Waals surface area contributed by atoms with Gasteiger partial charge in [-0.05, 0) is 51.4 Å². The maximum absolute atomic E-state index is 11.5. The first kappa shape index (κ1) is 82.6. The van der Waals surface area contributed by atoms with E-state index in [0.717, 1.165) is 57.9 Å². The van der Waals surface area contributed by atoms with Crippen LogP contribution in [0.4, 0.5) is 0 Å². The minimum atomic E-state index is -2.68. The van der Waals surface area contributed by atoms with Crippen LogP contribution < -0.4 is 21.3 Å². The molecule has 0 aromatic rings. The van der Waals surface area contributed by atoms with Crippen LogP contribution in [0.2, 0.25) is 0 Å². The Morgan fingerprint density at radius 3 is 0.701 bits per heavy atom. The number of amides is 14. The van der Waals surface area contributed by atoms with Gasteiger partial charge < -0.3 is 21.3 Å². The number of nitrogens with one attached hydrogen (secondary N) is 4. The minimum absolute atomic E-state index is 0.00292. The van der Waals surface area contributed by atoms with Crippen LogP contribution in [0, 0.1) is 29.6 Å². The maximum Gasteiger partial charge on any atom is 0.232 e. The van der Waals surface area contributed by atoms with Gasteiger partial charge in [0.25, 0.3) is 0 Å². The molecule has 5 heterocycles. The summed E-state index contributed by atoms with van der Waals surface area (Å²) in [6.45, 7) is 30.8. The number of hydrogen-bond acceptors (Lipinski definition) is 16. The van der Waals surface area contributed by atoms with Gasteiger partial charge in [0.1, 0.15) is 9.84 Å². The molecular weight excluding hydrogens is 1150 g/mol. The van der Waals surface area contributed by atoms with Crippen molar-refractivity contribution in [2.75, 3.05) is 70.4 Å². The third-order valence-corrected chi connectivity index (χ3v) is 15.6. The second-order valence-electron chi connectivity index (χ2n) is 22.1. The second kappa shape index (κ2) is 45.8. The summed E-state index contributed by atoms with van der Waals surface area (Å²) < 4.78 is 21.7. The lowest BCUT2D eigenvalue weighted by atomic mass is 10.1. The molecule has 0 aromatic carbocycles. The van der Waals surface area contributed by atoms with E-state index < -0.39 is 9.84 Å². The van der Waals surface area contributed by atoms with Crippen LogP contribution in [0.25, 0.3) is 0 Å². The van der Waals surface area contributed by atoms with E-state index in [-0.39, 0.29) is 170 Å². The van der Waals surface area contributed by atoms with Crippen LogP contribution in [-0.4, -0.2) is 186 Å². The van der Waals surface area contributed by atoms with E-state index in [2.05, 4.69) is 21.3 Å². The number of nitrogens with zero attached hydrogens (tertiary/aromatic N) is 5. The number of hydrogen-bond donors (Lipinski definition) is 4. The number of carbonyl (C=O) groups is 14. The van der Waals surface area contributed by atoms with E-state index >= 15 is 0 Å². The molecule has 0 radical (unpaired) electrons. The highest BCUT2D eigenvalue weighted by Gasteiger charge is 2.38. The van der Waals surface area contributed by atoms with Crippen molar-refractivity contribution in [2.24, 2.45) is 29.6 Å². The number of sulfone groups is 1. The standard InChI is InChI=1S/3C11H18N2O3.2C8H13NO2.C6H13NO.C6H14O2S/c3*1-3-5-12-9(14)4-6-13-10(15)7-8(2)11(13)16;2*1-3-4-9-7(10)5-6(2)8(9)11;1-3-5-7-6(8)4-2;1-3-5-9(7,8)6-4-2/h3*8H,3-7H2,1-2H3,(H,12,14);2*6H,3-5H2,1-2H3;3-5H2,1-2H3,(H,7,8);3-6H2,1-2H3. The molecule has 25 nitrogen and oxygen atoms in total. The van der Waals surface area contributed by atoms with Crippen LogP contribution in [0.5, 0.6) is 0 Å². The molecule has 5 atom stereocenters. The largest absolute Gasteiger partial charge is 0.356 e. The van der Waals surface area contributed by atoms with Crippen LogP contribution in [-0.2, 0) is 77.0 Å². The first-order valence-electron chi connectivity index (χ1n) is 31.4. The number of likely N-dealkylation sites (tertiary alicyclic amines) is 5. The molecule has 498 valence electrons. The summed E-state index contributed by atoms with van der Waals surface area (Å²) in [6.07, 6.45) is 9.65. The van der Waals surface area contributed by atoms with Gasteiger partial charge >= 0.3 is 0 Å². The van der Waals surface area contributed by atoms with Crippen molar-refractivity contribution >= 4 is 92.5 Å². The van der Waals surface area contributed by atoms with Crippen LogP contribution >= 0.6 is 0 Å². The molecule has 26 heteroatoms. The molecule has 0 bridgehead atoms. The summed E-state index contributed by atoms with van der Waals surface area (Å²) in [7, 11) is -2.68. The van der Waals surface area contributed by atoms with Gasteiger partial charge in [-0.1, -0.05) is 96.9 Å². The summed E-state index contributed by atoms with van der Waals surface area (Å²) in [5, 5.41) is 10.9. The molecule has 87 heavy (non-hydrogen) atoms. The molecule has 4 N–H and O–H groups in total. The average molecular weight is 1250 g/mol. The molecule has 14 amide bonds. The van der Waals surface area contributed by atoms with E-state index in [1.165, 1.54) is 24.5 Å². The van der Waals surface area contributed by atoms with Gasteiger partial charge in [-0.3, -0.25) is 91.6 Å². The van der Waals surface area contributed by atoms with Crippen molar-refractivity contribution in [3.05, 3.63) is 0 Å². The van der Waals surface area contributed by atoms with Gasteiger partial charge in [0.2, 0.25) is 82.7 Å². The second-order valence-corrected chi connectivity index (χ2v) is 24.4. The first-order valence-corrected chi connectivity index (χ1v) is 33.2. The molecular formula is C61H107N9O16S. The summed E-state index contributed by atoms with van der Waals surface area (Å²) in [4.78, 5) is 164. The molecule has 5 unspecified atom stereocenters. The Morgan fingerprint density at radius 2 is 0.540 bits per heavy atom. The van der Waals surface area contributed by atoms with Crippen LogP contribution in [0.15, 0.2) is 0 Å². The summed E-state index contributed by atoms with van der Waals surface area (Å²) >= 11 is 0. The zero-order chi connectivity index (χ0) is 67.0. The van der Waals surface area contributed by atoms with Crippen molar-refractivity contribution in [1.29, 1.82) is 0 Å². The third kappa shape index (κ3) is 32.9. The highest BCUT2D eigenvalue weighted by atomic mass is 32.2. The number of carbonyl (C=O) groups excluding carboxylic acids is 14. The number of imide groups is 5. The van der Waals surface area contributed by atoms with Gasteiger partial charge in [0.05, 0.1) is 0 Å². The van der Waals surface area contributed by atoms with E-state index in [1.807, 2.05) is 62.3 Å². The molecule has 5 rings (SSSR count). The fourth-order valence-corrected chi connectivity index (χ4v) is 10.1. The van der Waals surface area contributed by atoms with E-state index in [4.69, 9.17) is 0 Å².